The molecule has 0 bridgehead atoms. The minimum absolute atomic E-state index is 0.0735. The van der Waals surface area contributed by atoms with Crippen LogP contribution in [0.25, 0.3) is 0 Å². The first-order valence-electron chi connectivity index (χ1n) is 2.62. The molecular weight excluding hydrogens is 195 g/mol. The molecule has 2 N–H and O–H groups in total. The fraction of sp³-hybridized carbons (Fsp3) is 0. The normalized spacial score (nSPS) is 10.2. The van der Waals surface area contributed by atoms with Gasteiger partial charge in [-0.25, -0.2) is 8.78 Å². The van der Waals surface area contributed by atoms with Gasteiger partial charge in [-0.2, -0.15) is 0 Å². The number of anilines is 1. The van der Waals surface area contributed by atoms with Crippen molar-refractivity contribution in [2.24, 2.45) is 0 Å². The van der Waals surface area contributed by atoms with E-state index in [1.807, 2.05) is 0 Å². The number of hydrogen-bond acceptors (Lipinski definition) is 1. The molecule has 0 atom stereocenters. The molecule has 1 nitrogen and oxygen atoms in total. The van der Waals surface area contributed by atoms with Gasteiger partial charge < -0.3 is 5.73 Å². The Hall–Kier alpha value is -0.540. The van der Waals surface area contributed by atoms with E-state index in [2.05, 4.69) is 0 Å². The standard InChI is InChI=1S/C6H3Cl2F2N/c7-4-3(11)1-2(9)6(10)5(4)8/h1H,11H2. The zero-order valence-corrected chi connectivity index (χ0v) is 6.68. The van der Waals surface area contributed by atoms with E-state index in [9.17, 15) is 8.78 Å². The Bertz CT molecular complexity index is 275. The van der Waals surface area contributed by atoms with Gasteiger partial charge in [0.1, 0.15) is 5.02 Å². The molecule has 11 heavy (non-hydrogen) atoms. The first-order chi connectivity index (χ1) is 5.04. The average molecular weight is 198 g/mol. The van der Waals surface area contributed by atoms with Crippen molar-refractivity contribution in [1.29, 1.82) is 0 Å². The van der Waals surface area contributed by atoms with Crippen molar-refractivity contribution in [3.8, 4) is 0 Å². The minimum atomic E-state index is -1.18. The van der Waals surface area contributed by atoms with Crippen LogP contribution in [0.3, 0.4) is 0 Å². The number of nitrogens with two attached hydrogens (primary N) is 1. The number of hydrogen-bond donors (Lipinski definition) is 1. The lowest BCUT2D eigenvalue weighted by molar-refractivity contribution is 0.509. The Morgan fingerprint density at radius 1 is 1.18 bits per heavy atom. The summed E-state index contributed by atoms with van der Waals surface area (Å²) in [7, 11) is 0. The lowest BCUT2D eigenvalue weighted by Crippen LogP contribution is -1.93. The Morgan fingerprint density at radius 2 is 1.73 bits per heavy atom. The molecule has 0 amide bonds. The van der Waals surface area contributed by atoms with E-state index < -0.39 is 16.7 Å². The van der Waals surface area contributed by atoms with Gasteiger partial charge in [0.15, 0.2) is 11.6 Å². The number of nitrogen functional groups attached to an aromatic ring is 1. The van der Waals surface area contributed by atoms with E-state index in [0.717, 1.165) is 6.07 Å². The third-order valence-electron chi connectivity index (χ3n) is 1.13. The Kier molecular flexibility index (Phi) is 2.20. The molecule has 60 valence electrons. The first kappa shape index (κ1) is 8.56. The summed E-state index contributed by atoms with van der Waals surface area (Å²) in [5.41, 5.74) is 5.09. The van der Waals surface area contributed by atoms with Crippen LogP contribution in [0.5, 0.6) is 0 Å². The van der Waals surface area contributed by atoms with Gasteiger partial charge in [-0.05, 0) is 0 Å². The van der Waals surface area contributed by atoms with Crippen molar-refractivity contribution in [2.75, 3.05) is 5.73 Å². The highest BCUT2D eigenvalue weighted by molar-refractivity contribution is 6.43. The maximum absolute atomic E-state index is 12.5. The van der Waals surface area contributed by atoms with Crippen LogP contribution in [0.2, 0.25) is 10.0 Å². The summed E-state index contributed by atoms with van der Waals surface area (Å²) in [4.78, 5) is 0. The van der Waals surface area contributed by atoms with Crippen LogP contribution in [-0.4, -0.2) is 0 Å². The molecule has 0 aliphatic heterocycles. The highest BCUT2D eigenvalue weighted by Crippen LogP contribution is 2.31. The molecule has 0 fully saturated rings. The topological polar surface area (TPSA) is 26.0 Å². The van der Waals surface area contributed by atoms with Gasteiger partial charge in [0.05, 0.1) is 10.7 Å². The van der Waals surface area contributed by atoms with Gasteiger partial charge in [-0.1, -0.05) is 23.2 Å². The van der Waals surface area contributed by atoms with Crippen LogP contribution >= 0.6 is 23.2 Å². The van der Waals surface area contributed by atoms with Gasteiger partial charge in [-0.3, -0.25) is 0 Å². The van der Waals surface area contributed by atoms with Crippen molar-refractivity contribution in [1.82, 2.24) is 0 Å². The second-order valence-electron chi connectivity index (χ2n) is 1.89. The van der Waals surface area contributed by atoms with Gasteiger partial charge in [-0.15, -0.1) is 0 Å². The van der Waals surface area contributed by atoms with E-state index >= 15 is 0 Å². The number of benzene rings is 1. The summed E-state index contributed by atoms with van der Waals surface area (Å²) in [5.74, 6) is -2.28. The SMILES string of the molecule is Nc1cc(F)c(F)c(Cl)c1Cl. The zero-order chi connectivity index (χ0) is 8.59. The lowest BCUT2D eigenvalue weighted by Gasteiger charge is -2.01. The molecule has 0 saturated carbocycles. The largest absolute Gasteiger partial charge is 0.397 e. The summed E-state index contributed by atoms with van der Waals surface area (Å²) in [6.07, 6.45) is 0. The summed E-state index contributed by atoms with van der Waals surface area (Å²) in [5, 5.41) is -0.644. The van der Waals surface area contributed by atoms with Crippen LogP contribution in [-0.2, 0) is 0 Å². The van der Waals surface area contributed by atoms with Crippen LogP contribution < -0.4 is 5.73 Å². The fourth-order valence-electron chi connectivity index (χ4n) is 0.591. The number of halogens is 4. The molecule has 1 aromatic carbocycles. The molecule has 0 saturated heterocycles. The third kappa shape index (κ3) is 1.39. The van der Waals surface area contributed by atoms with Crippen molar-refractivity contribution in [3.63, 3.8) is 0 Å². The molecule has 0 aliphatic carbocycles. The molecule has 1 aromatic rings. The Morgan fingerprint density at radius 3 is 2.27 bits per heavy atom. The predicted molar refractivity (Wildman–Crippen MR) is 40.8 cm³/mol. The molecule has 0 radical (unpaired) electrons. The number of rotatable bonds is 0. The van der Waals surface area contributed by atoms with E-state index in [1.165, 1.54) is 0 Å². The molecule has 0 unspecified atom stereocenters. The van der Waals surface area contributed by atoms with Gasteiger partial charge in [0.2, 0.25) is 0 Å². The second-order valence-corrected chi connectivity index (χ2v) is 2.65. The van der Waals surface area contributed by atoms with Crippen molar-refractivity contribution in [3.05, 3.63) is 27.7 Å². The Balaban J connectivity index is 3.46. The van der Waals surface area contributed by atoms with E-state index in [4.69, 9.17) is 28.9 Å². The maximum Gasteiger partial charge on any atom is 0.179 e. The molecule has 0 aromatic heterocycles. The van der Waals surface area contributed by atoms with E-state index in [1.54, 1.807) is 0 Å². The van der Waals surface area contributed by atoms with E-state index in [0.29, 0.717) is 0 Å². The van der Waals surface area contributed by atoms with Crippen molar-refractivity contribution < 1.29 is 8.78 Å². The van der Waals surface area contributed by atoms with Crippen LogP contribution in [0, 0.1) is 11.6 Å². The van der Waals surface area contributed by atoms with Crippen LogP contribution in [0.4, 0.5) is 14.5 Å². The van der Waals surface area contributed by atoms with Crippen molar-refractivity contribution >= 4 is 28.9 Å². The molecule has 1 rings (SSSR count). The van der Waals surface area contributed by atoms with Gasteiger partial charge >= 0.3 is 0 Å². The molecule has 5 heteroatoms. The minimum Gasteiger partial charge on any atom is -0.397 e. The van der Waals surface area contributed by atoms with Crippen LogP contribution in [0.15, 0.2) is 6.07 Å². The highest BCUT2D eigenvalue weighted by atomic mass is 35.5. The molecule has 0 aliphatic rings. The smallest absolute Gasteiger partial charge is 0.179 e. The van der Waals surface area contributed by atoms with Crippen molar-refractivity contribution in [2.45, 2.75) is 0 Å². The zero-order valence-electron chi connectivity index (χ0n) is 5.17. The highest BCUT2D eigenvalue weighted by Gasteiger charge is 2.13. The van der Waals surface area contributed by atoms with E-state index in [-0.39, 0.29) is 10.7 Å². The monoisotopic (exact) mass is 197 g/mol. The molecule has 0 spiro atoms. The molecule has 0 heterocycles. The van der Waals surface area contributed by atoms with Gasteiger partial charge in [0.25, 0.3) is 0 Å². The summed E-state index contributed by atoms with van der Waals surface area (Å²) >= 11 is 10.7. The lowest BCUT2D eigenvalue weighted by atomic mass is 10.3. The summed E-state index contributed by atoms with van der Waals surface area (Å²) < 4.78 is 24.9. The second kappa shape index (κ2) is 2.83. The van der Waals surface area contributed by atoms with Crippen LogP contribution in [0.1, 0.15) is 0 Å². The quantitative estimate of drug-likeness (QED) is 0.387. The predicted octanol–water partition coefficient (Wildman–Crippen LogP) is 2.85. The fourth-order valence-corrected chi connectivity index (χ4v) is 0.928. The maximum atomic E-state index is 12.5. The average Bonchev–Trinajstić information content (AvgIpc) is 1.97. The Labute approximate surface area is 71.7 Å². The molecular formula is C6H3Cl2F2N. The summed E-state index contributed by atoms with van der Waals surface area (Å²) in [6.45, 7) is 0. The van der Waals surface area contributed by atoms with Gasteiger partial charge in [0, 0.05) is 6.07 Å². The first-order valence-corrected chi connectivity index (χ1v) is 3.38. The summed E-state index contributed by atoms with van der Waals surface area (Å²) in [6, 6.07) is 0.781. The third-order valence-corrected chi connectivity index (χ3v) is 1.99.